The smallest absolute Gasteiger partial charge is 0.243 e. The number of anilines is 1. The van der Waals surface area contributed by atoms with Gasteiger partial charge < -0.3 is 19.7 Å². The van der Waals surface area contributed by atoms with E-state index in [1.807, 2.05) is 0 Å². The summed E-state index contributed by atoms with van der Waals surface area (Å²) in [4.78, 5) is 25.3. The van der Waals surface area contributed by atoms with Crippen molar-refractivity contribution in [1.29, 1.82) is 0 Å². The lowest BCUT2D eigenvalue weighted by molar-refractivity contribution is -0.131. The molecule has 2 aromatic rings. The molecule has 8 heteroatoms. The normalized spacial score (nSPS) is 13.5. The molecule has 3 rings (SSSR count). The molecule has 0 saturated carbocycles. The molecule has 0 aromatic heterocycles. The van der Waals surface area contributed by atoms with Gasteiger partial charge in [0.25, 0.3) is 0 Å². The summed E-state index contributed by atoms with van der Waals surface area (Å²) in [5, 5.41) is 3.80. The molecule has 2 aromatic carbocycles. The summed E-state index contributed by atoms with van der Waals surface area (Å²) in [6, 6.07) is 12.0. The number of hydrogen-bond donors (Lipinski definition) is 1. The van der Waals surface area contributed by atoms with Crippen molar-refractivity contribution in [3.05, 3.63) is 52.5 Å². The number of rotatable bonds is 8. The Hall–Kier alpha value is -2.44. The molecule has 1 heterocycles. The van der Waals surface area contributed by atoms with Crippen molar-refractivity contribution < 1.29 is 19.1 Å². The van der Waals surface area contributed by atoms with Crippen LogP contribution in [0.5, 0.6) is 11.5 Å². The van der Waals surface area contributed by atoms with E-state index in [0.717, 1.165) is 6.42 Å². The molecule has 148 valence electrons. The van der Waals surface area contributed by atoms with Gasteiger partial charge in [-0.05, 0) is 30.7 Å². The fourth-order valence-corrected chi connectivity index (χ4v) is 3.14. The monoisotopic (exact) mass is 422 g/mol. The van der Waals surface area contributed by atoms with Crippen LogP contribution in [0.2, 0.25) is 10.0 Å². The number of hydrogen-bond acceptors (Lipinski definition) is 4. The summed E-state index contributed by atoms with van der Waals surface area (Å²) in [7, 11) is 0. The van der Waals surface area contributed by atoms with Crippen LogP contribution in [0.3, 0.4) is 0 Å². The van der Waals surface area contributed by atoms with E-state index in [9.17, 15) is 9.59 Å². The van der Waals surface area contributed by atoms with Crippen LogP contribution < -0.4 is 14.8 Å². The molecule has 1 fully saturated rings. The van der Waals surface area contributed by atoms with Crippen molar-refractivity contribution in [3.8, 4) is 11.5 Å². The van der Waals surface area contributed by atoms with Crippen molar-refractivity contribution in [2.24, 2.45) is 0 Å². The number of halogens is 2. The first kappa shape index (κ1) is 20.3. The second kappa shape index (κ2) is 9.66. The number of nitrogens with zero attached hydrogens (tertiary/aromatic N) is 1. The molecule has 0 atom stereocenters. The van der Waals surface area contributed by atoms with E-state index < -0.39 is 0 Å². The maximum absolute atomic E-state index is 12.1. The molecule has 0 aliphatic carbocycles. The highest BCUT2D eigenvalue weighted by atomic mass is 35.5. The van der Waals surface area contributed by atoms with E-state index >= 15 is 0 Å². The van der Waals surface area contributed by atoms with E-state index in [1.165, 1.54) is 0 Å². The van der Waals surface area contributed by atoms with Gasteiger partial charge in [-0.2, -0.15) is 0 Å². The van der Waals surface area contributed by atoms with Gasteiger partial charge >= 0.3 is 0 Å². The third kappa shape index (κ3) is 5.78. The SMILES string of the molecule is O=C(CN1CCCC1=O)Nc1cccc(OCCOc2cc(Cl)ccc2Cl)c1. The predicted octanol–water partition coefficient (Wildman–Crippen LogP) is 4.01. The minimum absolute atomic E-state index is 0.0204. The molecule has 1 aliphatic rings. The Labute approximate surface area is 173 Å². The van der Waals surface area contributed by atoms with Crippen molar-refractivity contribution >= 4 is 40.7 Å². The summed E-state index contributed by atoms with van der Waals surface area (Å²) < 4.78 is 11.2. The molecular formula is C20H20Cl2N2O4. The summed E-state index contributed by atoms with van der Waals surface area (Å²) in [5.74, 6) is 0.879. The molecule has 0 radical (unpaired) electrons. The van der Waals surface area contributed by atoms with Crippen LogP contribution in [0.1, 0.15) is 12.8 Å². The first-order chi connectivity index (χ1) is 13.5. The predicted molar refractivity (Wildman–Crippen MR) is 108 cm³/mol. The first-order valence-corrected chi connectivity index (χ1v) is 9.65. The molecule has 1 N–H and O–H groups in total. The zero-order chi connectivity index (χ0) is 19.9. The van der Waals surface area contributed by atoms with Gasteiger partial charge in [0.15, 0.2) is 0 Å². The lowest BCUT2D eigenvalue weighted by atomic mass is 10.3. The zero-order valence-electron chi connectivity index (χ0n) is 15.1. The second-order valence-electron chi connectivity index (χ2n) is 6.27. The van der Waals surface area contributed by atoms with Crippen LogP contribution in [-0.4, -0.2) is 43.0 Å². The van der Waals surface area contributed by atoms with Crippen molar-refractivity contribution in [3.63, 3.8) is 0 Å². The Morgan fingerprint density at radius 1 is 1.11 bits per heavy atom. The van der Waals surface area contributed by atoms with Crippen molar-refractivity contribution in [2.45, 2.75) is 12.8 Å². The molecule has 0 bridgehead atoms. The highest BCUT2D eigenvalue weighted by Crippen LogP contribution is 2.27. The van der Waals surface area contributed by atoms with E-state index in [1.54, 1.807) is 47.4 Å². The number of likely N-dealkylation sites (tertiary alicyclic amines) is 1. The van der Waals surface area contributed by atoms with Crippen molar-refractivity contribution in [2.75, 3.05) is 31.6 Å². The molecule has 6 nitrogen and oxygen atoms in total. The van der Waals surface area contributed by atoms with Gasteiger partial charge in [-0.3, -0.25) is 9.59 Å². The lowest BCUT2D eigenvalue weighted by Gasteiger charge is -2.15. The Kier molecular flexibility index (Phi) is 7.01. The maximum Gasteiger partial charge on any atom is 0.243 e. The largest absolute Gasteiger partial charge is 0.490 e. The van der Waals surface area contributed by atoms with E-state index in [0.29, 0.717) is 46.8 Å². The number of nitrogens with one attached hydrogen (secondary N) is 1. The topological polar surface area (TPSA) is 67.9 Å². The van der Waals surface area contributed by atoms with E-state index in [-0.39, 0.29) is 25.0 Å². The molecular weight excluding hydrogens is 403 g/mol. The molecule has 2 amide bonds. The van der Waals surface area contributed by atoms with Gasteiger partial charge in [-0.25, -0.2) is 0 Å². The van der Waals surface area contributed by atoms with Crippen LogP contribution in [0.4, 0.5) is 5.69 Å². The fraction of sp³-hybridized carbons (Fsp3) is 0.300. The molecule has 1 aliphatic heterocycles. The van der Waals surface area contributed by atoms with E-state index in [2.05, 4.69) is 5.32 Å². The maximum atomic E-state index is 12.1. The molecule has 28 heavy (non-hydrogen) atoms. The minimum atomic E-state index is -0.230. The van der Waals surface area contributed by atoms with Crippen LogP contribution in [-0.2, 0) is 9.59 Å². The molecule has 1 saturated heterocycles. The third-order valence-electron chi connectivity index (χ3n) is 4.13. The number of carbonyl (C=O) groups is 2. The summed E-state index contributed by atoms with van der Waals surface area (Å²) in [6.45, 7) is 1.28. The van der Waals surface area contributed by atoms with Crippen LogP contribution in [0.15, 0.2) is 42.5 Å². The Morgan fingerprint density at radius 2 is 1.93 bits per heavy atom. The average Bonchev–Trinajstić information content (AvgIpc) is 3.06. The number of carbonyl (C=O) groups excluding carboxylic acids is 2. The third-order valence-corrected chi connectivity index (χ3v) is 4.67. The Morgan fingerprint density at radius 3 is 2.71 bits per heavy atom. The van der Waals surface area contributed by atoms with Crippen molar-refractivity contribution in [1.82, 2.24) is 4.90 Å². The average molecular weight is 423 g/mol. The van der Waals surface area contributed by atoms with Crippen LogP contribution in [0.25, 0.3) is 0 Å². The van der Waals surface area contributed by atoms with Gasteiger partial charge in [0.2, 0.25) is 11.8 Å². The Balaban J connectivity index is 1.46. The van der Waals surface area contributed by atoms with Crippen LogP contribution in [0, 0.1) is 0 Å². The number of amides is 2. The highest BCUT2D eigenvalue weighted by molar-refractivity contribution is 6.34. The van der Waals surface area contributed by atoms with E-state index in [4.69, 9.17) is 32.7 Å². The highest BCUT2D eigenvalue weighted by Gasteiger charge is 2.22. The van der Waals surface area contributed by atoms with Gasteiger partial charge in [0.1, 0.15) is 24.7 Å². The van der Waals surface area contributed by atoms with Gasteiger partial charge in [0, 0.05) is 35.8 Å². The number of benzene rings is 2. The van der Waals surface area contributed by atoms with Gasteiger partial charge in [0.05, 0.1) is 11.6 Å². The zero-order valence-corrected chi connectivity index (χ0v) is 16.6. The minimum Gasteiger partial charge on any atom is -0.490 e. The standard InChI is InChI=1S/C20H20Cl2N2O4/c21-14-6-7-17(22)18(11-14)28-10-9-27-16-4-1-3-15(12-16)23-19(25)13-24-8-2-5-20(24)26/h1,3-4,6-7,11-12H,2,5,8-10,13H2,(H,23,25). The second-order valence-corrected chi connectivity index (χ2v) is 7.11. The van der Waals surface area contributed by atoms with Gasteiger partial charge in [-0.15, -0.1) is 0 Å². The fourth-order valence-electron chi connectivity index (χ4n) is 2.81. The number of ether oxygens (including phenoxy) is 2. The molecule has 0 spiro atoms. The lowest BCUT2D eigenvalue weighted by Crippen LogP contribution is -2.33. The Bertz CT molecular complexity index is 860. The summed E-state index contributed by atoms with van der Waals surface area (Å²) in [5.41, 5.74) is 0.605. The first-order valence-electron chi connectivity index (χ1n) is 8.89. The van der Waals surface area contributed by atoms with Gasteiger partial charge in [-0.1, -0.05) is 29.3 Å². The summed E-state index contributed by atoms with van der Waals surface area (Å²) >= 11 is 12.0. The van der Waals surface area contributed by atoms with Crippen LogP contribution >= 0.6 is 23.2 Å². The quantitative estimate of drug-likeness (QED) is 0.652. The summed E-state index contributed by atoms with van der Waals surface area (Å²) in [6.07, 6.45) is 1.32. The molecule has 0 unspecified atom stereocenters.